The molecule has 0 fully saturated rings. The average Bonchev–Trinajstić information content (AvgIpc) is 2.56. The van der Waals surface area contributed by atoms with Gasteiger partial charge in [0.05, 0.1) is 17.6 Å². The number of fused-ring (bicyclic) bond motifs is 1. The molecule has 124 valence electrons. The van der Waals surface area contributed by atoms with Crippen molar-refractivity contribution in [2.24, 2.45) is 5.73 Å². The minimum Gasteiger partial charge on any atom is -0.368 e. The third kappa shape index (κ3) is 3.72. The maximum atomic E-state index is 12.3. The predicted octanol–water partition coefficient (Wildman–Crippen LogP) is 1.59. The van der Waals surface area contributed by atoms with Gasteiger partial charge in [0, 0.05) is 12.7 Å². The van der Waals surface area contributed by atoms with Crippen LogP contribution >= 0.6 is 11.6 Å². The topological polar surface area (TPSA) is 88.3 Å². The third-order valence-corrected chi connectivity index (χ3v) is 4.24. The predicted molar refractivity (Wildman–Crippen MR) is 91.4 cm³/mol. The highest BCUT2D eigenvalue weighted by Gasteiger charge is 2.31. The van der Waals surface area contributed by atoms with Crippen molar-refractivity contribution in [2.45, 2.75) is 19.0 Å². The summed E-state index contributed by atoms with van der Waals surface area (Å²) in [5, 5.41) is 3.19. The number of carbonyl (C=O) groups is 2. The number of carbonyl (C=O) groups excluding carboxylic acids is 2. The fourth-order valence-electron chi connectivity index (χ4n) is 2.84. The van der Waals surface area contributed by atoms with Gasteiger partial charge in [-0.1, -0.05) is 35.9 Å². The zero-order valence-electron chi connectivity index (χ0n) is 12.9. The van der Waals surface area contributed by atoms with E-state index in [-0.39, 0.29) is 12.5 Å². The lowest BCUT2D eigenvalue weighted by Gasteiger charge is -2.34. The fourth-order valence-corrected chi connectivity index (χ4v) is 2.95. The lowest BCUT2D eigenvalue weighted by atomic mass is 9.93. The van der Waals surface area contributed by atoms with E-state index in [0.717, 1.165) is 11.1 Å². The summed E-state index contributed by atoms with van der Waals surface area (Å²) in [6, 6.07) is 10.6. The van der Waals surface area contributed by atoms with Gasteiger partial charge in [0.25, 0.3) is 0 Å². The zero-order valence-corrected chi connectivity index (χ0v) is 13.7. The van der Waals surface area contributed by atoms with E-state index in [1.54, 1.807) is 17.0 Å². The quantitative estimate of drug-likeness (QED) is 0.881. The van der Waals surface area contributed by atoms with Crippen molar-refractivity contribution in [2.75, 3.05) is 11.9 Å². The Bertz CT molecular complexity index is 763. The third-order valence-electron chi connectivity index (χ3n) is 4.02. The van der Waals surface area contributed by atoms with Crippen LogP contribution in [0.1, 0.15) is 11.1 Å². The molecule has 1 atom stereocenters. The first-order valence-corrected chi connectivity index (χ1v) is 7.92. The molecular weight excluding hydrogens is 328 g/mol. The van der Waals surface area contributed by atoms with E-state index in [2.05, 4.69) is 10.3 Å². The van der Waals surface area contributed by atoms with Crippen molar-refractivity contribution in [3.8, 4) is 0 Å². The number of nitrogens with two attached hydrogens (primary N) is 1. The molecule has 0 bridgehead atoms. The van der Waals surface area contributed by atoms with E-state index in [1.165, 1.54) is 6.20 Å². The van der Waals surface area contributed by atoms with Crippen LogP contribution in [0.2, 0.25) is 5.02 Å². The van der Waals surface area contributed by atoms with Gasteiger partial charge >= 0.3 is 0 Å². The molecule has 0 radical (unpaired) electrons. The molecule has 1 aliphatic rings. The van der Waals surface area contributed by atoms with E-state index in [1.807, 2.05) is 24.3 Å². The Hall–Kier alpha value is -2.44. The Balaban J connectivity index is 1.71. The smallest absolute Gasteiger partial charge is 0.239 e. The van der Waals surface area contributed by atoms with Crippen LogP contribution in [0.25, 0.3) is 0 Å². The van der Waals surface area contributed by atoms with Crippen LogP contribution < -0.4 is 11.1 Å². The molecule has 0 saturated carbocycles. The molecule has 1 aromatic heterocycles. The van der Waals surface area contributed by atoms with Crippen LogP contribution in [0.3, 0.4) is 0 Å². The second kappa shape index (κ2) is 6.98. The van der Waals surface area contributed by atoms with E-state index in [0.29, 0.717) is 23.8 Å². The first kappa shape index (κ1) is 16.4. The maximum absolute atomic E-state index is 12.3. The van der Waals surface area contributed by atoms with Gasteiger partial charge in [-0.3, -0.25) is 14.5 Å². The minimum atomic E-state index is -0.496. The van der Waals surface area contributed by atoms with Crippen molar-refractivity contribution < 1.29 is 9.59 Å². The van der Waals surface area contributed by atoms with Crippen molar-refractivity contribution in [1.29, 1.82) is 0 Å². The van der Waals surface area contributed by atoms with Gasteiger partial charge in [0.2, 0.25) is 11.8 Å². The van der Waals surface area contributed by atoms with Crippen molar-refractivity contribution in [1.82, 2.24) is 9.88 Å². The summed E-state index contributed by atoms with van der Waals surface area (Å²) in [7, 11) is 0. The summed E-state index contributed by atoms with van der Waals surface area (Å²) in [6.07, 6.45) is 1.97. The molecule has 0 aliphatic carbocycles. The van der Waals surface area contributed by atoms with Gasteiger partial charge in [-0.05, 0) is 29.7 Å². The van der Waals surface area contributed by atoms with Gasteiger partial charge in [0.1, 0.15) is 5.82 Å². The summed E-state index contributed by atoms with van der Waals surface area (Å²) >= 11 is 5.77. The number of primary amides is 1. The molecule has 2 amide bonds. The van der Waals surface area contributed by atoms with Crippen LogP contribution in [0, 0.1) is 0 Å². The maximum Gasteiger partial charge on any atom is 0.239 e. The van der Waals surface area contributed by atoms with Crippen molar-refractivity contribution >= 4 is 29.2 Å². The number of pyridine rings is 1. The number of halogens is 1. The molecule has 1 aromatic carbocycles. The number of hydrogen-bond acceptors (Lipinski definition) is 4. The molecular formula is C17H17ClN4O2. The largest absolute Gasteiger partial charge is 0.368 e. The van der Waals surface area contributed by atoms with Crippen LogP contribution in [0.5, 0.6) is 0 Å². The van der Waals surface area contributed by atoms with Crippen LogP contribution in [-0.4, -0.2) is 34.3 Å². The molecule has 2 aromatic rings. The lowest BCUT2D eigenvalue weighted by Crippen LogP contribution is -2.50. The Morgan fingerprint density at radius 3 is 2.67 bits per heavy atom. The van der Waals surface area contributed by atoms with Gasteiger partial charge in [0.15, 0.2) is 0 Å². The molecule has 2 heterocycles. The van der Waals surface area contributed by atoms with Gasteiger partial charge < -0.3 is 11.1 Å². The van der Waals surface area contributed by atoms with Crippen molar-refractivity contribution in [3.05, 3.63) is 58.7 Å². The van der Waals surface area contributed by atoms with E-state index in [4.69, 9.17) is 17.3 Å². The standard InChI is InChI=1S/C17H17ClN4O2/c18-13-5-6-15(20-8-13)21-16(23)10-22-9-12-4-2-1-3-11(12)7-14(22)17(19)24/h1-6,8,14H,7,9-10H2,(H2,19,24)(H,20,21,23)/t14-/m0/s1. The van der Waals surface area contributed by atoms with E-state index >= 15 is 0 Å². The van der Waals surface area contributed by atoms with E-state index in [9.17, 15) is 9.59 Å². The molecule has 1 aliphatic heterocycles. The zero-order chi connectivity index (χ0) is 17.1. The van der Waals surface area contributed by atoms with Crippen molar-refractivity contribution in [3.63, 3.8) is 0 Å². The van der Waals surface area contributed by atoms with Gasteiger partial charge in [-0.2, -0.15) is 0 Å². The Morgan fingerprint density at radius 2 is 2.00 bits per heavy atom. The van der Waals surface area contributed by atoms with Gasteiger partial charge in [-0.25, -0.2) is 4.98 Å². The molecule has 24 heavy (non-hydrogen) atoms. The second-order valence-electron chi connectivity index (χ2n) is 5.71. The number of anilines is 1. The van der Waals surface area contributed by atoms with Crippen LogP contribution in [0.15, 0.2) is 42.6 Å². The number of benzene rings is 1. The summed E-state index contributed by atoms with van der Waals surface area (Å²) < 4.78 is 0. The highest BCUT2D eigenvalue weighted by molar-refractivity contribution is 6.30. The molecule has 3 rings (SSSR count). The summed E-state index contributed by atoms with van der Waals surface area (Å²) in [5.74, 6) is -0.269. The number of nitrogens with zero attached hydrogens (tertiary/aromatic N) is 2. The van der Waals surface area contributed by atoms with E-state index < -0.39 is 11.9 Å². The molecule has 0 spiro atoms. The SMILES string of the molecule is NC(=O)[C@@H]1Cc2ccccc2CN1CC(=O)Nc1ccc(Cl)cn1. The fraction of sp³-hybridized carbons (Fsp3) is 0.235. The molecule has 0 unspecified atom stereocenters. The summed E-state index contributed by atoms with van der Waals surface area (Å²) in [5.41, 5.74) is 7.72. The Kier molecular flexibility index (Phi) is 4.78. The average molecular weight is 345 g/mol. The minimum absolute atomic E-state index is 0.0618. The second-order valence-corrected chi connectivity index (χ2v) is 6.14. The number of hydrogen-bond donors (Lipinski definition) is 2. The number of nitrogens with one attached hydrogen (secondary N) is 1. The number of amides is 2. The van der Waals surface area contributed by atoms with Crippen LogP contribution in [-0.2, 0) is 22.6 Å². The Morgan fingerprint density at radius 1 is 1.25 bits per heavy atom. The summed E-state index contributed by atoms with van der Waals surface area (Å²) in [6.45, 7) is 0.567. The Labute approximate surface area is 144 Å². The highest BCUT2D eigenvalue weighted by atomic mass is 35.5. The highest BCUT2D eigenvalue weighted by Crippen LogP contribution is 2.23. The number of aromatic nitrogens is 1. The molecule has 3 N–H and O–H groups in total. The summed E-state index contributed by atoms with van der Waals surface area (Å²) in [4.78, 5) is 29.9. The molecule has 6 nitrogen and oxygen atoms in total. The first-order chi connectivity index (χ1) is 11.5. The monoisotopic (exact) mass is 344 g/mol. The normalized spacial score (nSPS) is 17.1. The van der Waals surface area contributed by atoms with Gasteiger partial charge in [-0.15, -0.1) is 0 Å². The first-order valence-electron chi connectivity index (χ1n) is 7.54. The molecule has 7 heteroatoms. The molecule has 0 saturated heterocycles. The number of rotatable bonds is 4. The lowest BCUT2D eigenvalue weighted by molar-refractivity contribution is -0.125. The van der Waals surface area contributed by atoms with Crippen LogP contribution in [0.4, 0.5) is 5.82 Å².